The van der Waals surface area contributed by atoms with Gasteiger partial charge in [0.25, 0.3) is 0 Å². The number of hydrogen-bond donors (Lipinski definition) is 2. The van der Waals surface area contributed by atoms with Crippen LogP contribution in [0.15, 0.2) is 30.6 Å². The summed E-state index contributed by atoms with van der Waals surface area (Å²) in [7, 11) is 0. The van der Waals surface area contributed by atoms with Crippen molar-refractivity contribution in [3.8, 4) is 0 Å². The molecule has 0 fully saturated rings. The molecule has 3 N–H and O–H groups in total. The summed E-state index contributed by atoms with van der Waals surface area (Å²) in [6.07, 6.45) is 3.13. The lowest BCUT2D eigenvalue weighted by Gasteiger charge is -2.11. The molecule has 0 spiro atoms. The van der Waals surface area contributed by atoms with Crippen molar-refractivity contribution in [2.24, 2.45) is 5.73 Å². The molecule has 0 aliphatic heterocycles. The maximum absolute atomic E-state index is 13.3. The fourth-order valence-electron chi connectivity index (χ4n) is 1.49. The van der Waals surface area contributed by atoms with Crippen LogP contribution in [0.3, 0.4) is 0 Å². The summed E-state index contributed by atoms with van der Waals surface area (Å²) in [4.78, 5) is 4.19. The molecule has 0 saturated heterocycles. The summed E-state index contributed by atoms with van der Waals surface area (Å²) in [5.41, 5.74) is 7.34. The third kappa shape index (κ3) is 3.12. The first-order chi connectivity index (χ1) is 8.99. The fraction of sp³-hybridized carbons (Fsp3) is 0. The SMILES string of the molecule is NC(=S)c1ccncc1Nc1cc(Cl)c(F)c(Cl)c1. The second kappa shape index (κ2) is 5.69. The molecule has 0 aliphatic carbocycles. The number of rotatable bonds is 3. The number of nitrogens with two attached hydrogens (primary N) is 1. The van der Waals surface area contributed by atoms with Crippen molar-refractivity contribution in [3.05, 3.63) is 52.0 Å². The van der Waals surface area contributed by atoms with Crippen LogP contribution in [0.5, 0.6) is 0 Å². The normalized spacial score (nSPS) is 10.3. The third-order valence-electron chi connectivity index (χ3n) is 2.35. The molecule has 98 valence electrons. The zero-order valence-electron chi connectivity index (χ0n) is 9.45. The zero-order chi connectivity index (χ0) is 14.0. The van der Waals surface area contributed by atoms with E-state index in [0.717, 1.165) is 0 Å². The number of benzene rings is 1. The van der Waals surface area contributed by atoms with Crippen molar-refractivity contribution in [1.29, 1.82) is 0 Å². The van der Waals surface area contributed by atoms with Crippen LogP contribution in [0.4, 0.5) is 15.8 Å². The molecule has 0 unspecified atom stereocenters. The number of aromatic nitrogens is 1. The smallest absolute Gasteiger partial charge is 0.160 e. The minimum atomic E-state index is -0.658. The molecule has 1 aromatic carbocycles. The molecule has 0 saturated carbocycles. The Kier molecular flexibility index (Phi) is 4.19. The summed E-state index contributed by atoms with van der Waals surface area (Å²) in [6, 6.07) is 4.51. The van der Waals surface area contributed by atoms with E-state index in [-0.39, 0.29) is 15.0 Å². The lowest BCUT2D eigenvalue weighted by atomic mass is 10.2. The number of hydrogen-bond acceptors (Lipinski definition) is 3. The lowest BCUT2D eigenvalue weighted by Crippen LogP contribution is -2.12. The molecule has 0 amide bonds. The Morgan fingerprint density at radius 1 is 1.32 bits per heavy atom. The fourth-order valence-corrected chi connectivity index (χ4v) is 2.16. The van der Waals surface area contributed by atoms with Gasteiger partial charge in [-0.05, 0) is 18.2 Å². The largest absolute Gasteiger partial charge is 0.389 e. The summed E-state index contributed by atoms with van der Waals surface area (Å²) >= 11 is 16.4. The standard InChI is InChI=1S/C12H8Cl2FN3S/c13-8-3-6(4-9(14)11(8)15)18-10-5-17-2-1-7(10)12(16)19/h1-5,18H,(H2,16,19). The maximum Gasteiger partial charge on any atom is 0.160 e. The summed E-state index contributed by atoms with van der Waals surface area (Å²) in [5, 5.41) is 2.85. The molecule has 1 heterocycles. The van der Waals surface area contributed by atoms with E-state index in [1.165, 1.54) is 12.1 Å². The van der Waals surface area contributed by atoms with Gasteiger partial charge in [0.2, 0.25) is 0 Å². The Bertz CT molecular complexity index is 626. The van der Waals surface area contributed by atoms with Crippen LogP contribution >= 0.6 is 35.4 Å². The molecule has 0 bridgehead atoms. The van der Waals surface area contributed by atoms with E-state index in [0.29, 0.717) is 16.9 Å². The Morgan fingerprint density at radius 2 is 1.95 bits per heavy atom. The number of nitrogens with zero attached hydrogens (tertiary/aromatic N) is 1. The molecule has 7 heteroatoms. The lowest BCUT2D eigenvalue weighted by molar-refractivity contribution is 0.629. The molecular weight excluding hydrogens is 308 g/mol. The highest BCUT2D eigenvalue weighted by Gasteiger charge is 2.10. The Hall–Kier alpha value is -1.43. The number of nitrogens with one attached hydrogen (secondary N) is 1. The van der Waals surface area contributed by atoms with E-state index in [1.54, 1.807) is 18.5 Å². The summed E-state index contributed by atoms with van der Waals surface area (Å²) < 4.78 is 13.3. The first-order valence-corrected chi connectivity index (χ1v) is 6.31. The molecule has 2 aromatic rings. The third-order valence-corrected chi connectivity index (χ3v) is 3.12. The first kappa shape index (κ1) is 14.0. The second-order valence-electron chi connectivity index (χ2n) is 3.66. The van der Waals surface area contributed by atoms with Crippen LogP contribution in [-0.2, 0) is 0 Å². The van der Waals surface area contributed by atoms with Gasteiger partial charge in [-0.25, -0.2) is 4.39 Å². The van der Waals surface area contributed by atoms with Gasteiger partial charge >= 0.3 is 0 Å². The zero-order valence-corrected chi connectivity index (χ0v) is 11.8. The van der Waals surface area contributed by atoms with Gasteiger partial charge in [0.05, 0.1) is 21.9 Å². The van der Waals surface area contributed by atoms with Crippen LogP contribution in [0.2, 0.25) is 10.0 Å². The van der Waals surface area contributed by atoms with Crippen molar-refractivity contribution in [2.75, 3.05) is 5.32 Å². The quantitative estimate of drug-likeness (QED) is 0.666. The first-order valence-electron chi connectivity index (χ1n) is 5.14. The van der Waals surface area contributed by atoms with Crippen molar-refractivity contribution in [2.45, 2.75) is 0 Å². The van der Waals surface area contributed by atoms with E-state index in [9.17, 15) is 4.39 Å². The summed E-state index contributed by atoms with van der Waals surface area (Å²) in [5.74, 6) is -0.658. The molecule has 0 atom stereocenters. The maximum atomic E-state index is 13.3. The highest BCUT2D eigenvalue weighted by molar-refractivity contribution is 7.80. The van der Waals surface area contributed by atoms with Crippen LogP contribution in [-0.4, -0.2) is 9.97 Å². The number of thiocarbonyl (C=S) groups is 1. The van der Waals surface area contributed by atoms with Gasteiger partial charge in [0, 0.05) is 17.4 Å². The average Bonchev–Trinajstić information content (AvgIpc) is 2.36. The van der Waals surface area contributed by atoms with Crippen LogP contribution in [0.25, 0.3) is 0 Å². The molecule has 0 radical (unpaired) electrons. The predicted molar refractivity (Wildman–Crippen MR) is 79.8 cm³/mol. The van der Waals surface area contributed by atoms with E-state index in [4.69, 9.17) is 41.2 Å². The van der Waals surface area contributed by atoms with E-state index >= 15 is 0 Å². The van der Waals surface area contributed by atoms with E-state index in [2.05, 4.69) is 10.3 Å². The van der Waals surface area contributed by atoms with Crippen molar-refractivity contribution in [1.82, 2.24) is 4.98 Å². The topological polar surface area (TPSA) is 50.9 Å². The predicted octanol–water partition coefficient (Wildman–Crippen LogP) is 3.91. The minimum absolute atomic E-state index is 0.0734. The highest BCUT2D eigenvalue weighted by Crippen LogP contribution is 2.29. The van der Waals surface area contributed by atoms with E-state index in [1.807, 2.05) is 0 Å². The van der Waals surface area contributed by atoms with Gasteiger partial charge in [-0.3, -0.25) is 4.98 Å². The number of pyridine rings is 1. The molecule has 3 nitrogen and oxygen atoms in total. The Balaban J connectivity index is 2.39. The van der Waals surface area contributed by atoms with Crippen molar-refractivity contribution in [3.63, 3.8) is 0 Å². The Morgan fingerprint density at radius 3 is 2.53 bits per heavy atom. The van der Waals surface area contributed by atoms with E-state index < -0.39 is 5.82 Å². The van der Waals surface area contributed by atoms with Crippen LogP contribution in [0, 0.1) is 5.82 Å². The van der Waals surface area contributed by atoms with Gasteiger partial charge in [-0.15, -0.1) is 0 Å². The van der Waals surface area contributed by atoms with Gasteiger partial charge in [-0.2, -0.15) is 0 Å². The molecule has 0 aliphatic rings. The summed E-state index contributed by atoms with van der Waals surface area (Å²) in [6.45, 7) is 0. The Labute approximate surface area is 124 Å². The molecule has 1 aromatic heterocycles. The van der Waals surface area contributed by atoms with Gasteiger partial charge in [0.15, 0.2) is 5.82 Å². The number of halogens is 3. The molecular formula is C12H8Cl2FN3S. The van der Waals surface area contributed by atoms with Gasteiger partial charge < -0.3 is 11.1 Å². The van der Waals surface area contributed by atoms with Crippen molar-refractivity contribution >= 4 is 51.8 Å². The average molecular weight is 316 g/mol. The monoisotopic (exact) mass is 315 g/mol. The molecule has 19 heavy (non-hydrogen) atoms. The van der Waals surface area contributed by atoms with Crippen molar-refractivity contribution < 1.29 is 4.39 Å². The van der Waals surface area contributed by atoms with Gasteiger partial charge in [-0.1, -0.05) is 35.4 Å². The second-order valence-corrected chi connectivity index (χ2v) is 4.92. The highest BCUT2D eigenvalue weighted by atomic mass is 35.5. The molecule has 2 rings (SSSR count). The van der Waals surface area contributed by atoms with Gasteiger partial charge in [0.1, 0.15) is 4.99 Å². The van der Waals surface area contributed by atoms with Crippen LogP contribution < -0.4 is 11.1 Å². The minimum Gasteiger partial charge on any atom is -0.389 e. The number of anilines is 2. The van der Waals surface area contributed by atoms with Crippen LogP contribution in [0.1, 0.15) is 5.56 Å².